The van der Waals surface area contributed by atoms with Crippen LogP contribution in [-0.2, 0) is 4.74 Å². The number of ether oxygens (including phenoxy) is 1. The van der Waals surface area contributed by atoms with Gasteiger partial charge in [-0.15, -0.1) is 0 Å². The Kier molecular flexibility index (Phi) is 3.75. The molecule has 0 atom stereocenters. The molecule has 2 N–H and O–H groups in total. The summed E-state index contributed by atoms with van der Waals surface area (Å²) in [6.07, 6.45) is 1.48. The molecule has 0 bridgehead atoms. The third-order valence-electron chi connectivity index (χ3n) is 1.73. The minimum absolute atomic E-state index is 0.146. The van der Waals surface area contributed by atoms with Crippen molar-refractivity contribution < 1.29 is 9.53 Å². The van der Waals surface area contributed by atoms with E-state index in [1.807, 2.05) is 0 Å². The van der Waals surface area contributed by atoms with Crippen LogP contribution in [0.2, 0.25) is 0 Å². The van der Waals surface area contributed by atoms with Crippen LogP contribution in [0.3, 0.4) is 0 Å². The third kappa shape index (κ3) is 2.50. The van der Waals surface area contributed by atoms with E-state index in [9.17, 15) is 4.79 Å². The molecule has 0 aliphatic heterocycles. The van der Waals surface area contributed by atoms with Crippen molar-refractivity contribution in [3.8, 4) is 0 Å². The molecule has 0 radical (unpaired) electrons. The fourth-order valence-corrected chi connectivity index (χ4v) is 1.05. The van der Waals surface area contributed by atoms with Crippen LogP contribution in [0.15, 0.2) is 28.4 Å². The van der Waals surface area contributed by atoms with Gasteiger partial charge in [0.1, 0.15) is 5.49 Å². The molecule has 6 heteroatoms. The first-order valence-electron chi connectivity index (χ1n) is 4.21. The van der Waals surface area contributed by atoms with Gasteiger partial charge in [-0.05, 0) is 12.1 Å². The number of aromatic nitrogens is 1. The van der Waals surface area contributed by atoms with Crippen LogP contribution in [0.4, 0.5) is 0 Å². The fraction of sp³-hybridized carbons (Fsp3) is 0.222. The second-order valence-electron chi connectivity index (χ2n) is 2.59. The van der Waals surface area contributed by atoms with Crippen molar-refractivity contribution >= 4 is 12.7 Å². The van der Waals surface area contributed by atoms with E-state index in [0.29, 0.717) is 11.1 Å². The van der Waals surface area contributed by atoms with E-state index in [1.54, 1.807) is 12.1 Å². The van der Waals surface area contributed by atoms with Crippen molar-refractivity contribution in [1.82, 2.24) is 4.68 Å². The summed E-state index contributed by atoms with van der Waals surface area (Å²) in [6.45, 7) is 3.51. The Morgan fingerprint density at radius 2 is 2.40 bits per heavy atom. The van der Waals surface area contributed by atoms with E-state index in [2.05, 4.69) is 21.5 Å². The van der Waals surface area contributed by atoms with Crippen molar-refractivity contribution in [3.05, 3.63) is 29.4 Å². The molecule has 6 nitrogen and oxygen atoms in total. The predicted octanol–water partition coefficient (Wildman–Crippen LogP) is -0.445. The Morgan fingerprint density at radius 3 is 2.93 bits per heavy atom. The number of esters is 1. The summed E-state index contributed by atoms with van der Waals surface area (Å²) in [4.78, 5) is 15.2. The van der Waals surface area contributed by atoms with Crippen LogP contribution in [0.5, 0.6) is 0 Å². The standard InChI is InChI=1S/C9H12N4O2/c1-11-13-5-7(9(14)15-2)3-4-8(13)12-6-10/h3-5H,1,6,10H2,2H3/b12-8-. The van der Waals surface area contributed by atoms with Gasteiger partial charge in [-0.3, -0.25) is 4.99 Å². The smallest absolute Gasteiger partial charge is 0.339 e. The van der Waals surface area contributed by atoms with Crippen LogP contribution < -0.4 is 11.2 Å². The lowest BCUT2D eigenvalue weighted by Gasteiger charge is -2.03. The molecule has 0 unspecified atom stereocenters. The maximum Gasteiger partial charge on any atom is 0.339 e. The monoisotopic (exact) mass is 208 g/mol. The SMILES string of the molecule is C=Nn1cc(C(=O)OC)cc/c1=N/CN. The van der Waals surface area contributed by atoms with Gasteiger partial charge in [-0.25, -0.2) is 9.47 Å². The van der Waals surface area contributed by atoms with Crippen LogP contribution >= 0.6 is 0 Å². The van der Waals surface area contributed by atoms with Gasteiger partial charge < -0.3 is 10.5 Å². The Hall–Kier alpha value is -1.95. The van der Waals surface area contributed by atoms with Crippen molar-refractivity contribution in [2.75, 3.05) is 13.8 Å². The summed E-state index contributed by atoms with van der Waals surface area (Å²) in [7, 11) is 1.31. The van der Waals surface area contributed by atoms with Crippen LogP contribution in [0.1, 0.15) is 10.4 Å². The van der Waals surface area contributed by atoms with Gasteiger partial charge >= 0.3 is 5.97 Å². The summed E-state index contributed by atoms with van der Waals surface area (Å²) >= 11 is 0. The minimum Gasteiger partial charge on any atom is -0.465 e. The third-order valence-corrected chi connectivity index (χ3v) is 1.73. The number of rotatable bonds is 3. The molecule has 80 valence electrons. The summed E-state index contributed by atoms with van der Waals surface area (Å²) in [5.74, 6) is -0.438. The maximum absolute atomic E-state index is 11.2. The lowest BCUT2D eigenvalue weighted by molar-refractivity contribution is 0.0599. The van der Waals surface area contributed by atoms with Crippen molar-refractivity contribution in [1.29, 1.82) is 0 Å². The molecule has 0 aromatic carbocycles. The number of nitrogens with two attached hydrogens (primary N) is 1. The van der Waals surface area contributed by atoms with E-state index in [1.165, 1.54) is 18.0 Å². The zero-order chi connectivity index (χ0) is 11.3. The molecule has 1 aromatic heterocycles. The van der Waals surface area contributed by atoms with E-state index >= 15 is 0 Å². The van der Waals surface area contributed by atoms with E-state index < -0.39 is 5.97 Å². The van der Waals surface area contributed by atoms with Crippen LogP contribution in [0.25, 0.3) is 0 Å². The topological polar surface area (TPSA) is 82.0 Å². The normalized spacial score (nSPS) is 11.2. The maximum atomic E-state index is 11.2. The summed E-state index contributed by atoms with van der Waals surface area (Å²) in [6, 6.07) is 3.20. The van der Waals surface area contributed by atoms with E-state index in [0.717, 1.165) is 0 Å². The number of carbonyl (C=O) groups excluding carboxylic acids is 1. The van der Waals surface area contributed by atoms with E-state index in [4.69, 9.17) is 5.73 Å². The first kappa shape index (κ1) is 11.1. The highest BCUT2D eigenvalue weighted by molar-refractivity contribution is 5.88. The molecular formula is C9H12N4O2. The number of hydrogen-bond donors (Lipinski definition) is 1. The Morgan fingerprint density at radius 1 is 1.67 bits per heavy atom. The zero-order valence-electron chi connectivity index (χ0n) is 8.38. The average Bonchev–Trinajstić information content (AvgIpc) is 2.29. The van der Waals surface area contributed by atoms with Gasteiger partial charge in [0.15, 0.2) is 0 Å². The Bertz CT molecular complexity index is 436. The molecular weight excluding hydrogens is 196 g/mol. The molecule has 1 rings (SSSR count). The summed E-state index contributed by atoms with van der Waals surface area (Å²) < 4.78 is 5.93. The summed E-state index contributed by atoms with van der Waals surface area (Å²) in [5.41, 5.74) is 6.18. The predicted molar refractivity (Wildman–Crippen MR) is 55.3 cm³/mol. The molecule has 0 saturated carbocycles. The number of hydrogen-bond acceptors (Lipinski definition) is 5. The number of carbonyl (C=O) groups is 1. The lowest BCUT2D eigenvalue weighted by atomic mass is 10.3. The van der Waals surface area contributed by atoms with Crippen molar-refractivity contribution in [2.45, 2.75) is 0 Å². The first-order chi connectivity index (χ1) is 7.22. The molecule has 0 amide bonds. The Labute approximate surface area is 86.7 Å². The molecule has 0 fully saturated rings. The zero-order valence-corrected chi connectivity index (χ0v) is 8.38. The van der Waals surface area contributed by atoms with Crippen LogP contribution in [0, 0.1) is 0 Å². The molecule has 0 spiro atoms. The Balaban J connectivity index is 3.25. The van der Waals surface area contributed by atoms with Gasteiger partial charge in [0.05, 0.1) is 19.3 Å². The minimum atomic E-state index is -0.438. The second-order valence-corrected chi connectivity index (χ2v) is 2.59. The number of nitrogens with zero attached hydrogens (tertiary/aromatic N) is 3. The van der Waals surface area contributed by atoms with Crippen molar-refractivity contribution in [2.24, 2.45) is 15.8 Å². The van der Waals surface area contributed by atoms with Gasteiger partial charge in [0, 0.05) is 12.9 Å². The van der Waals surface area contributed by atoms with E-state index in [-0.39, 0.29) is 6.67 Å². The molecule has 1 aromatic rings. The first-order valence-corrected chi connectivity index (χ1v) is 4.21. The molecule has 15 heavy (non-hydrogen) atoms. The average molecular weight is 208 g/mol. The molecule has 0 aliphatic rings. The molecule has 0 saturated heterocycles. The van der Waals surface area contributed by atoms with Gasteiger partial charge in [-0.2, -0.15) is 5.10 Å². The highest BCUT2D eigenvalue weighted by Gasteiger charge is 2.05. The fourth-order valence-electron chi connectivity index (χ4n) is 1.05. The summed E-state index contributed by atoms with van der Waals surface area (Å²) in [5, 5.41) is 3.68. The van der Waals surface area contributed by atoms with Gasteiger partial charge in [-0.1, -0.05) is 0 Å². The lowest BCUT2D eigenvalue weighted by Crippen LogP contribution is -2.20. The van der Waals surface area contributed by atoms with Crippen molar-refractivity contribution in [3.63, 3.8) is 0 Å². The number of methoxy groups -OCH3 is 1. The quantitative estimate of drug-likeness (QED) is 0.539. The van der Waals surface area contributed by atoms with Crippen LogP contribution in [-0.4, -0.2) is 31.1 Å². The highest BCUT2D eigenvalue weighted by atomic mass is 16.5. The molecule has 1 heterocycles. The number of pyridine rings is 1. The molecule has 0 aliphatic carbocycles. The second kappa shape index (κ2) is 5.06. The van der Waals surface area contributed by atoms with Gasteiger partial charge in [0.2, 0.25) is 0 Å². The van der Waals surface area contributed by atoms with Gasteiger partial charge in [0.25, 0.3) is 0 Å². The largest absolute Gasteiger partial charge is 0.465 e. The highest BCUT2D eigenvalue weighted by Crippen LogP contribution is 1.97.